The first-order chi connectivity index (χ1) is 12.2. The summed E-state index contributed by atoms with van der Waals surface area (Å²) in [5, 5.41) is 21.9. The highest BCUT2D eigenvalue weighted by Gasteiger charge is 2.07. The molecule has 0 radical (unpaired) electrons. The number of hydrogen-bond acceptors (Lipinski definition) is 5. The van der Waals surface area contributed by atoms with Gasteiger partial charge in [0.2, 0.25) is 11.0 Å². The molecule has 0 bridgehead atoms. The van der Waals surface area contributed by atoms with E-state index in [0.717, 1.165) is 27.9 Å². The molecule has 0 aliphatic carbocycles. The normalized spacial score (nSPS) is 11.0. The predicted octanol–water partition coefficient (Wildman–Crippen LogP) is 3.62. The van der Waals surface area contributed by atoms with Crippen LogP contribution in [0.3, 0.4) is 0 Å². The maximum absolute atomic E-state index is 12.1. The zero-order valence-electron chi connectivity index (χ0n) is 13.8. The first kappa shape index (κ1) is 16.9. The summed E-state index contributed by atoms with van der Waals surface area (Å²) >= 11 is 1.38. The van der Waals surface area contributed by atoms with Gasteiger partial charge in [-0.1, -0.05) is 36.5 Å². The van der Waals surface area contributed by atoms with Gasteiger partial charge in [0, 0.05) is 35.3 Å². The molecule has 6 nitrogen and oxygen atoms in total. The molecule has 1 amide bonds. The molecule has 2 aromatic heterocycles. The van der Waals surface area contributed by atoms with Crippen molar-refractivity contribution in [3.8, 4) is 6.07 Å². The maximum Gasteiger partial charge on any atom is 0.250 e. The van der Waals surface area contributed by atoms with Gasteiger partial charge in [-0.2, -0.15) is 5.26 Å². The van der Waals surface area contributed by atoms with Crippen LogP contribution >= 0.6 is 11.3 Å². The van der Waals surface area contributed by atoms with Gasteiger partial charge in [-0.15, -0.1) is 10.2 Å². The van der Waals surface area contributed by atoms with E-state index in [1.807, 2.05) is 42.0 Å². The third-order valence-corrected chi connectivity index (χ3v) is 4.68. The van der Waals surface area contributed by atoms with Crippen LogP contribution in [-0.4, -0.2) is 20.7 Å². The molecule has 0 fully saturated rings. The van der Waals surface area contributed by atoms with Gasteiger partial charge in [-0.3, -0.25) is 10.1 Å². The molecule has 0 aliphatic rings. The number of hydrogen-bond donors (Lipinski definition) is 1. The summed E-state index contributed by atoms with van der Waals surface area (Å²) in [5.74, 6) is -0.243. The Morgan fingerprint density at radius 2 is 2.24 bits per heavy atom. The molecule has 1 N–H and O–H groups in total. The van der Waals surface area contributed by atoms with E-state index in [2.05, 4.69) is 21.6 Å². The number of benzene rings is 1. The third-order valence-electron chi connectivity index (χ3n) is 3.70. The van der Waals surface area contributed by atoms with Crippen LogP contribution in [0.5, 0.6) is 0 Å². The van der Waals surface area contributed by atoms with Crippen LogP contribution in [0.4, 0.5) is 5.13 Å². The van der Waals surface area contributed by atoms with Crippen molar-refractivity contribution in [2.24, 2.45) is 0 Å². The van der Waals surface area contributed by atoms with E-state index in [9.17, 15) is 4.79 Å². The second-order valence-electron chi connectivity index (χ2n) is 5.38. The first-order valence-corrected chi connectivity index (χ1v) is 8.79. The molecule has 126 valence electrons. The summed E-state index contributed by atoms with van der Waals surface area (Å²) in [6.45, 7) is 2.62. The average Bonchev–Trinajstić information content (AvgIpc) is 3.22. The van der Waals surface area contributed by atoms with Crippen molar-refractivity contribution >= 4 is 39.4 Å². The van der Waals surface area contributed by atoms with Gasteiger partial charge >= 0.3 is 0 Å². The number of aryl methyl sites for hydroxylation is 2. The predicted molar refractivity (Wildman–Crippen MR) is 99.1 cm³/mol. The molecular weight excluding hydrogens is 334 g/mol. The number of aromatic nitrogens is 3. The lowest BCUT2D eigenvalue weighted by Gasteiger charge is -2.00. The highest BCUT2D eigenvalue weighted by molar-refractivity contribution is 7.15. The molecule has 0 saturated carbocycles. The Morgan fingerprint density at radius 3 is 3.00 bits per heavy atom. The van der Waals surface area contributed by atoms with E-state index in [1.165, 1.54) is 17.4 Å². The van der Waals surface area contributed by atoms with E-state index in [4.69, 9.17) is 5.26 Å². The largest absolute Gasteiger partial charge is 0.346 e. The fourth-order valence-corrected chi connectivity index (χ4v) is 3.21. The minimum atomic E-state index is -0.243. The number of nitrogens with one attached hydrogen (secondary N) is 1. The Hall–Kier alpha value is -2.98. The van der Waals surface area contributed by atoms with Crippen molar-refractivity contribution in [2.45, 2.75) is 26.3 Å². The van der Waals surface area contributed by atoms with Gasteiger partial charge in [0.05, 0.1) is 12.5 Å². The standard InChI is InChI=1S/C18H17N5OS/c1-2-17-21-22-18(25-17)20-16(24)9-8-13-12-23(11-5-10-19)15-7-4-3-6-14(13)15/h3-4,6-9,12H,2,5,11H2,1H3,(H,20,22,24). The topological polar surface area (TPSA) is 83.6 Å². The van der Waals surface area contributed by atoms with E-state index in [0.29, 0.717) is 18.1 Å². The van der Waals surface area contributed by atoms with Crippen LogP contribution in [-0.2, 0) is 17.8 Å². The number of rotatable bonds is 6. The molecule has 0 saturated heterocycles. The third kappa shape index (κ3) is 3.92. The number of nitrogens with zero attached hydrogens (tertiary/aromatic N) is 4. The zero-order chi connectivity index (χ0) is 17.6. The van der Waals surface area contributed by atoms with Crippen molar-refractivity contribution in [1.82, 2.24) is 14.8 Å². The number of para-hydroxylation sites is 1. The number of anilines is 1. The summed E-state index contributed by atoms with van der Waals surface area (Å²) in [7, 11) is 0. The smallest absolute Gasteiger partial charge is 0.250 e. The van der Waals surface area contributed by atoms with Gasteiger partial charge in [-0.25, -0.2) is 0 Å². The van der Waals surface area contributed by atoms with Gasteiger partial charge in [-0.05, 0) is 18.6 Å². The van der Waals surface area contributed by atoms with Crippen LogP contribution in [0.1, 0.15) is 23.9 Å². The van der Waals surface area contributed by atoms with E-state index < -0.39 is 0 Å². The molecule has 0 aliphatic heterocycles. The van der Waals surface area contributed by atoms with Crippen molar-refractivity contribution in [3.63, 3.8) is 0 Å². The summed E-state index contributed by atoms with van der Waals surface area (Å²) < 4.78 is 2.04. The molecule has 7 heteroatoms. The Bertz CT molecular complexity index is 963. The molecule has 25 heavy (non-hydrogen) atoms. The van der Waals surface area contributed by atoms with E-state index in [1.54, 1.807) is 6.08 Å². The number of nitriles is 1. The second kappa shape index (κ2) is 7.73. The van der Waals surface area contributed by atoms with Crippen LogP contribution in [0.15, 0.2) is 36.5 Å². The van der Waals surface area contributed by atoms with Crippen LogP contribution in [0.2, 0.25) is 0 Å². The van der Waals surface area contributed by atoms with Crippen molar-refractivity contribution in [2.75, 3.05) is 5.32 Å². The molecule has 0 spiro atoms. The van der Waals surface area contributed by atoms with Crippen molar-refractivity contribution in [1.29, 1.82) is 5.26 Å². The van der Waals surface area contributed by atoms with E-state index >= 15 is 0 Å². The number of amides is 1. The van der Waals surface area contributed by atoms with Gasteiger partial charge < -0.3 is 4.57 Å². The minimum Gasteiger partial charge on any atom is -0.346 e. The van der Waals surface area contributed by atoms with Crippen molar-refractivity contribution in [3.05, 3.63) is 47.1 Å². The second-order valence-corrected chi connectivity index (χ2v) is 6.44. The first-order valence-electron chi connectivity index (χ1n) is 7.97. The molecular formula is C18H17N5OS. The van der Waals surface area contributed by atoms with Crippen LogP contribution < -0.4 is 5.32 Å². The fourth-order valence-electron chi connectivity index (χ4n) is 2.52. The zero-order valence-corrected chi connectivity index (χ0v) is 14.6. The highest BCUT2D eigenvalue weighted by Crippen LogP contribution is 2.23. The highest BCUT2D eigenvalue weighted by atomic mass is 32.1. The summed E-state index contributed by atoms with van der Waals surface area (Å²) in [6, 6.07) is 10.1. The molecule has 1 aromatic carbocycles. The lowest BCUT2D eigenvalue weighted by Crippen LogP contribution is -2.07. The SMILES string of the molecule is CCc1nnc(NC(=O)C=Cc2cn(CCC#N)c3ccccc23)s1. The molecule has 0 unspecified atom stereocenters. The quantitative estimate of drug-likeness (QED) is 0.688. The molecule has 0 atom stereocenters. The Morgan fingerprint density at radius 1 is 1.40 bits per heavy atom. The Labute approximate surface area is 149 Å². The molecule has 2 heterocycles. The number of fused-ring (bicyclic) bond motifs is 1. The Balaban J connectivity index is 1.78. The molecule has 3 rings (SSSR count). The lowest BCUT2D eigenvalue weighted by molar-refractivity contribution is -0.111. The average molecular weight is 351 g/mol. The van der Waals surface area contributed by atoms with Gasteiger partial charge in [0.1, 0.15) is 5.01 Å². The monoisotopic (exact) mass is 351 g/mol. The summed E-state index contributed by atoms with van der Waals surface area (Å²) in [6.07, 6.45) is 6.47. The number of carbonyl (C=O) groups excluding carboxylic acids is 1. The molecule has 3 aromatic rings. The summed E-state index contributed by atoms with van der Waals surface area (Å²) in [4.78, 5) is 12.1. The van der Waals surface area contributed by atoms with Gasteiger partial charge in [0.15, 0.2) is 0 Å². The number of carbonyl (C=O) groups is 1. The maximum atomic E-state index is 12.1. The minimum absolute atomic E-state index is 0.243. The Kier molecular flexibility index (Phi) is 5.21. The van der Waals surface area contributed by atoms with Crippen molar-refractivity contribution < 1.29 is 4.79 Å². The fraction of sp³-hybridized carbons (Fsp3) is 0.222. The van der Waals surface area contributed by atoms with Crippen LogP contribution in [0, 0.1) is 11.3 Å². The summed E-state index contributed by atoms with van der Waals surface area (Å²) in [5.41, 5.74) is 1.99. The van der Waals surface area contributed by atoms with Crippen LogP contribution in [0.25, 0.3) is 17.0 Å². The lowest BCUT2D eigenvalue weighted by atomic mass is 10.1. The van der Waals surface area contributed by atoms with Gasteiger partial charge in [0.25, 0.3) is 0 Å². The van der Waals surface area contributed by atoms with E-state index in [-0.39, 0.29) is 5.91 Å².